The molecule has 0 saturated carbocycles. The standard InChI is InChI=1S/C9H9N3O2S/c1-6-8(13)11-12-9(15-6)10-5-7-3-2-4-14-7/h2-6H,1H3,(H,11,13)/t6-/m1/s1. The zero-order valence-corrected chi connectivity index (χ0v) is 8.82. The van der Waals surface area contributed by atoms with E-state index in [1.807, 2.05) is 0 Å². The maximum absolute atomic E-state index is 11.1. The molecule has 0 spiro atoms. The van der Waals surface area contributed by atoms with Gasteiger partial charge in [-0.15, -0.1) is 5.10 Å². The molecule has 15 heavy (non-hydrogen) atoms. The van der Waals surface area contributed by atoms with Crippen molar-refractivity contribution in [2.45, 2.75) is 12.2 Å². The minimum absolute atomic E-state index is 0.100. The summed E-state index contributed by atoms with van der Waals surface area (Å²) in [5.41, 5.74) is 2.40. The van der Waals surface area contributed by atoms with Crippen molar-refractivity contribution in [1.82, 2.24) is 5.43 Å². The minimum atomic E-state index is -0.161. The second-order valence-corrected chi connectivity index (χ2v) is 4.21. The van der Waals surface area contributed by atoms with Gasteiger partial charge in [-0.3, -0.25) is 4.79 Å². The van der Waals surface area contributed by atoms with Crippen molar-refractivity contribution >= 4 is 29.1 Å². The van der Waals surface area contributed by atoms with Crippen LogP contribution in [0.4, 0.5) is 0 Å². The number of carbonyl (C=O) groups excluding carboxylic acids is 1. The van der Waals surface area contributed by atoms with Gasteiger partial charge in [-0.05, 0) is 19.1 Å². The number of nitrogens with one attached hydrogen (secondary N) is 1. The zero-order valence-electron chi connectivity index (χ0n) is 8.01. The number of amidine groups is 1. The fourth-order valence-corrected chi connectivity index (χ4v) is 1.66. The number of rotatable bonds is 1. The van der Waals surface area contributed by atoms with Gasteiger partial charge in [0.1, 0.15) is 5.76 Å². The highest BCUT2D eigenvalue weighted by molar-refractivity contribution is 8.15. The summed E-state index contributed by atoms with van der Waals surface area (Å²) >= 11 is 1.31. The molecule has 1 aliphatic heterocycles. The molecule has 5 nitrogen and oxygen atoms in total. The van der Waals surface area contributed by atoms with Crippen LogP contribution in [-0.4, -0.2) is 22.5 Å². The quantitative estimate of drug-likeness (QED) is 0.728. The number of hydrogen-bond acceptors (Lipinski definition) is 5. The fourth-order valence-electron chi connectivity index (χ4n) is 0.975. The van der Waals surface area contributed by atoms with Crippen molar-refractivity contribution in [2.24, 2.45) is 10.1 Å². The molecule has 1 amide bonds. The molecule has 0 aliphatic carbocycles. The van der Waals surface area contributed by atoms with Crippen LogP contribution in [0, 0.1) is 0 Å². The van der Waals surface area contributed by atoms with Crippen molar-refractivity contribution in [2.75, 3.05) is 0 Å². The molecular weight excluding hydrogens is 214 g/mol. The van der Waals surface area contributed by atoms with Crippen LogP contribution in [0.2, 0.25) is 0 Å². The Balaban J connectivity index is 2.04. The average molecular weight is 223 g/mol. The molecule has 1 aromatic heterocycles. The van der Waals surface area contributed by atoms with E-state index in [-0.39, 0.29) is 11.2 Å². The van der Waals surface area contributed by atoms with Gasteiger partial charge in [0.2, 0.25) is 5.17 Å². The van der Waals surface area contributed by atoms with Gasteiger partial charge >= 0.3 is 0 Å². The van der Waals surface area contributed by atoms with E-state index in [2.05, 4.69) is 15.5 Å². The van der Waals surface area contributed by atoms with Gasteiger partial charge in [0.05, 0.1) is 17.7 Å². The lowest BCUT2D eigenvalue weighted by Crippen LogP contribution is -2.32. The largest absolute Gasteiger partial charge is 0.463 e. The first-order valence-corrected chi connectivity index (χ1v) is 5.25. The number of hydrazone groups is 1. The van der Waals surface area contributed by atoms with Gasteiger partial charge in [-0.1, -0.05) is 11.8 Å². The Kier molecular flexibility index (Phi) is 2.86. The Hall–Kier alpha value is -1.56. The van der Waals surface area contributed by atoms with Gasteiger partial charge < -0.3 is 4.42 Å². The summed E-state index contributed by atoms with van der Waals surface area (Å²) in [4.78, 5) is 15.2. The lowest BCUT2D eigenvalue weighted by Gasteiger charge is -2.13. The van der Waals surface area contributed by atoms with Crippen molar-refractivity contribution in [3.8, 4) is 0 Å². The summed E-state index contributed by atoms with van der Waals surface area (Å²) in [6, 6.07) is 3.57. The van der Waals surface area contributed by atoms with E-state index in [0.29, 0.717) is 10.9 Å². The number of thioether (sulfide) groups is 1. The van der Waals surface area contributed by atoms with Crippen LogP contribution in [0.25, 0.3) is 0 Å². The van der Waals surface area contributed by atoms with E-state index in [0.717, 1.165) is 0 Å². The van der Waals surface area contributed by atoms with E-state index < -0.39 is 0 Å². The van der Waals surface area contributed by atoms with Crippen LogP contribution in [-0.2, 0) is 4.79 Å². The summed E-state index contributed by atoms with van der Waals surface area (Å²) in [5.74, 6) is 0.555. The molecule has 78 valence electrons. The van der Waals surface area contributed by atoms with Crippen molar-refractivity contribution in [1.29, 1.82) is 0 Å². The molecule has 2 rings (SSSR count). The van der Waals surface area contributed by atoms with Crippen LogP contribution in [0.15, 0.2) is 32.9 Å². The molecule has 0 radical (unpaired) electrons. The Morgan fingerprint density at radius 3 is 3.27 bits per heavy atom. The topological polar surface area (TPSA) is 67.0 Å². The third-order valence-corrected chi connectivity index (χ3v) is 2.73. The molecule has 0 fully saturated rings. The highest BCUT2D eigenvalue weighted by Gasteiger charge is 2.20. The van der Waals surface area contributed by atoms with Crippen LogP contribution in [0.5, 0.6) is 0 Å². The molecule has 1 N–H and O–H groups in total. The Morgan fingerprint density at radius 2 is 2.60 bits per heavy atom. The van der Waals surface area contributed by atoms with Crippen molar-refractivity contribution in [3.63, 3.8) is 0 Å². The fraction of sp³-hybridized carbons (Fsp3) is 0.222. The normalized spacial score (nSPS) is 21.5. The molecule has 1 aromatic rings. The lowest BCUT2D eigenvalue weighted by molar-refractivity contribution is -0.120. The highest BCUT2D eigenvalue weighted by atomic mass is 32.2. The van der Waals surface area contributed by atoms with Crippen LogP contribution < -0.4 is 5.43 Å². The van der Waals surface area contributed by atoms with Crippen LogP contribution in [0.3, 0.4) is 0 Å². The maximum atomic E-state index is 11.1. The second kappa shape index (κ2) is 4.31. The molecule has 2 heterocycles. The van der Waals surface area contributed by atoms with E-state index in [9.17, 15) is 4.79 Å². The zero-order chi connectivity index (χ0) is 10.7. The molecule has 0 aromatic carbocycles. The Bertz CT molecular complexity index is 411. The first-order chi connectivity index (χ1) is 7.25. The van der Waals surface area contributed by atoms with Gasteiger partial charge in [0.25, 0.3) is 5.91 Å². The third kappa shape index (κ3) is 2.47. The van der Waals surface area contributed by atoms with E-state index in [1.165, 1.54) is 11.8 Å². The Labute approximate surface area is 90.6 Å². The average Bonchev–Trinajstić information content (AvgIpc) is 2.73. The number of amides is 1. The summed E-state index contributed by atoms with van der Waals surface area (Å²) in [5, 5.41) is 4.17. The van der Waals surface area contributed by atoms with Gasteiger partial charge in [-0.25, -0.2) is 10.4 Å². The predicted octanol–water partition coefficient (Wildman–Crippen LogP) is 1.22. The molecule has 6 heteroatoms. The number of hydrogen-bond donors (Lipinski definition) is 1. The first-order valence-electron chi connectivity index (χ1n) is 4.37. The third-order valence-electron chi connectivity index (χ3n) is 1.76. The monoisotopic (exact) mass is 223 g/mol. The summed E-state index contributed by atoms with van der Waals surface area (Å²) < 4.78 is 5.07. The highest BCUT2D eigenvalue weighted by Crippen LogP contribution is 2.17. The van der Waals surface area contributed by atoms with E-state index in [4.69, 9.17) is 4.42 Å². The summed E-state index contributed by atoms with van der Waals surface area (Å²) in [7, 11) is 0. The molecule has 1 atom stereocenters. The number of aliphatic imine (C=N–C) groups is 1. The number of furan rings is 1. The SMILES string of the molecule is C[C@H]1SC(N=Cc2ccco2)=NNC1=O. The number of carbonyl (C=O) groups is 1. The van der Waals surface area contributed by atoms with Gasteiger partial charge in [0, 0.05) is 0 Å². The number of nitrogens with zero attached hydrogens (tertiary/aromatic N) is 2. The van der Waals surface area contributed by atoms with Gasteiger partial charge in [0.15, 0.2) is 0 Å². The molecule has 0 saturated heterocycles. The minimum Gasteiger partial charge on any atom is -0.463 e. The summed E-state index contributed by atoms with van der Waals surface area (Å²) in [6.45, 7) is 1.80. The summed E-state index contributed by atoms with van der Waals surface area (Å²) in [6.07, 6.45) is 3.14. The molecule has 0 bridgehead atoms. The lowest BCUT2D eigenvalue weighted by atomic mass is 10.5. The maximum Gasteiger partial charge on any atom is 0.253 e. The van der Waals surface area contributed by atoms with Gasteiger partial charge in [-0.2, -0.15) is 0 Å². The van der Waals surface area contributed by atoms with Crippen LogP contribution >= 0.6 is 11.8 Å². The molecule has 1 aliphatic rings. The predicted molar refractivity (Wildman–Crippen MR) is 58.9 cm³/mol. The molecular formula is C9H9N3O2S. The van der Waals surface area contributed by atoms with Crippen molar-refractivity contribution in [3.05, 3.63) is 24.2 Å². The van der Waals surface area contributed by atoms with E-state index >= 15 is 0 Å². The Morgan fingerprint density at radius 1 is 1.73 bits per heavy atom. The van der Waals surface area contributed by atoms with E-state index in [1.54, 1.807) is 31.5 Å². The first kappa shape index (κ1) is 9.97. The second-order valence-electron chi connectivity index (χ2n) is 2.90. The molecule has 0 unspecified atom stereocenters. The smallest absolute Gasteiger partial charge is 0.253 e. The van der Waals surface area contributed by atoms with Crippen LogP contribution in [0.1, 0.15) is 12.7 Å². The van der Waals surface area contributed by atoms with Crippen molar-refractivity contribution < 1.29 is 9.21 Å².